The minimum Gasteiger partial charge on any atom is -0.462 e. The number of anilines is 1. The second-order valence-corrected chi connectivity index (χ2v) is 5.10. The van der Waals surface area contributed by atoms with Crippen molar-refractivity contribution >= 4 is 11.9 Å². The third kappa shape index (κ3) is 2.75. The van der Waals surface area contributed by atoms with E-state index in [1.54, 1.807) is 13.8 Å². The second kappa shape index (κ2) is 6.17. The van der Waals surface area contributed by atoms with Crippen molar-refractivity contribution in [3.05, 3.63) is 17.5 Å². The van der Waals surface area contributed by atoms with Crippen LogP contribution in [0.5, 0.6) is 0 Å². The Hall–Kier alpha value is -1.69. The Labute approximate surface area is 118 Å². The summed E-state index contributed by atoms with van der Waals surface area (Å²) in [5.41, 5.74) is 0.994. The summed E-state index contributed by atoms with van der Waals surface area (Å²) >= 11 is 0. The van der Waals surface area contributed by atoms with E-state index in [4.69, 9.17) is 4.74 Å². The van der Waals surface area contributed by atoms with Gasteiger partial charge in [0, 0.05) is 12.7 Å². The van der Waals surface area contributed by atoms with Crippen molar-refractivity contribution in [1.29, 1.82) is 0 Å². The molecule has 6 nitrogen and oxygen atoms in total. The Morgan fingerprint density at radius 2 is 2.35 bits per heavy atom. The number of rotatable bonds is 4. The number of aliphatic hydroxyl groups is 1. The summed E-state index contributed by atoms with van der Waals surface area (Å²) in [6.45, 7) is 6.88. The normalized spacial score (nSPS) is 22.1. The van der Waals surface area contributed by atoms with E-state index in [9.17, 15) is 9.90 Å². The Morgan fingerprint density at radius 1 is 1.60 bits per heavy atom. The molecule has 2 unspecified atom stereocenters. The number of carbonyl (C=O) groups is 1. The van der Waals surface area contributed by atoms with Crippen LogP contribution < -0.4 is 4.90 Å². The molecule has 0 aromatic carbocycles. The minimum atomic E-state index is -0.398. The first kappa shape index (κ1) is 14.7. The maximum atomic E-state index is 11.7. The van der Waals surface area contributed by atoms with E-state index in [2.05, 4.69) is 16.9 Å². The van der Waals surface area contributed by atoms with E-state index in [0.717, 1.165) is 13.0 Å². The maximum Gasteiger partial charge on any atom is 0.341 e. The van der Waals surface area contributed by atoms with Gasteiger partial charge in [-0.25, -0.2) is 14.8 Å². The molecule has 0 spiro atoms. The molecule has 0 bridgehead atoms. The highest BCUT2D eigenvalue weighted by Crippen LogP contribution is 2.27. The van der Waals surface area contributed by atoms with Crippen molar-refractivity contribution in [3.8, 4) is 0 Å². The quantitative estimate of drug-likeness (QED) is 0.834. The topological polar surface area (TPSA) is 75.5 Å². The molecule has 20 heavy (non-hydrogen) atoms. The van der Waals surface area contributed by atoms with Crippen molar-refractivity contribution in [3.63, 3.8) is 0 Å². The molecule has 2 atom stereocenters. The number of aryl methyl sites for hydroxylation is 1. The summed E-state index contributed by atoms with van der Waals surface area (Å²) < 4.78 is 4.96. The molecule has 1 aliphatic heterocycles. The lowest BCUT2D eigenvalue weighted by Gasteiger charge is -2.25. The summed E-state index contributed by atoms with van der Waals surface area (Å²) in [6, 6.07) is 0.0443. The highest BCUT2D eigenvalue weighted by atomic mass is 16.5. The van der Waals surface area contributed by atoms with Crippen molar-refractivity contribution in [1.82, 2.24) is 9.97 Å². The van der Waals surface area contributed by atoms with Gasteiger partial charge in [0.05, 0.1) is 30.5 Å². The smallest absolute Gasteiger partial charge is 0.341 e. The van der Waals surface area contributed by atoms with Gasteiger partial charge in [-0.1, -0.05) is 6.92 Å². The highest BCUT2D eigenvalue weighted by molar-refractivity contribution is 5.90. The van der Waals surface area contributed by atoms with Crippen LogP contribution in [0.3, 0.4) is 0 Å². The number of ether oxygens (including phenoxy) is 1. The number of hydrogen-bond acceptors (Lipinski definition) is 6. The molecular formula is C14H21N3O3. The third-order valence-corrected chi connectivity index (χ3v) is 3.79. The molecule has 1 aromatic rings. The lowest BCUT2D eigenvalue weighted by molar-refractivity contribution is 0.0524. The molecule has 6 heteroatoms. The van der Waals surface area contributed by atoms with Crippen LogP contribution >= 0.6 is 0 Å². The van der Waals surface area contributed by atoms with Gasteiger partial charge in [0.1, 0.15) is 0 Å². The average molecular weight is 279 g/mol. The maximum absolute atomic E-state index is 11.7. The van der Waals surface area contributed by atoms with Gasteiger partial charge in [0.25, 0.3) is 0 Å². The summed E-state index contributed by atoms with van der Waals surface area (Å²) in [5, 5.41) is 9.48. The zero-order valence-corrected chi connectivity index (χ0v) is 12.2. The molecule has 1 saturated heterocycles. The molecule has 1 aliphatic rings. The van der Waals surface area contributed by atoms with Crippen LogP contribution in [0.2, 0.25) is 0 Å². The molecule has 0 radical (unpaired) electrons. The molecule has 1 aromatic heterocycles. The van der Waals surface area contributed by atoms with E-state index in [1.165, 1.54) is 6.20 Å². The average Bonchev–Trinajstić information content (AvgIpc) is 2.79. The first-order valence-electron chi connectivity index (χ1n) is 6.96. The van der Waals surface area contributed by atoms with Crippen LogP contribution in [-0.4, -0.2) is 46.8 Å². The Bertz CT molecular complexity index is 493. The predicted octanol–water partition coefficient (Wildman–Crippen LogP) is 1.17. The molecule has 0 amide bonds. The molecule has 0 saturated carbocycles. The van der Waals surface area contributed by atoms with E-state index in [0.29, 0.717) is 29.7 Å². The largest absolute Gasteiger partial charge is 0.462 e. The molecule has 1 N–H and O–H groups in total. The van der Waals surface area contributed by atoms with Crippen molar-refractivity contribution in [2.45, 2.75) is 33.2 Å². The van der Waals surface area contributed by atoms with E-state index in [-0.39, 0.29) is 12.6 Å². The highest BCUT2D eigenvalue weighted by Gasteiger charge is 2.32. The van der Waals surface area contributed by atoms with E-state index < -0.39 is 5.97 Å². The van der Waals surface area contributed by atoms with E-state index in [1.807, 2.05) is 4.90 Å². The van der Waals surface area contributed by atoms with Gasteiger partial charge in [0.15, 0.2) is 0 Å². The van der Waals surface area contributed by atoms with Gasteiger partial charge in [0.2, 0.25) is 5.95 Å². The molecule has 1 fully saturated rings. The third-order valence-electron chi connectivity index (χ3n) is 3.79. The monoisotopic (exact) mass is 279 g/mol. The molecule has 2 rings (SSSR count). The number of aliphatic hydroxyl groups excluding tert-OH is 1. The van der Waals surface area contributed by atoms with Gasteiger partial charge in [-0.15, -0.1) is 0 Å². The Kier molecular flexibility index (Phi) is 4.54. The molecule has 0 aliphatic carbocycles. The second-order valence-electron chi connectivity index (χ2n) is 5.10. The molecule has 110 valence electrons. The first-order chi connectivity index (χ1) is 9.58. The van der Waals surface area contributed by atoms with Crippen molar-refractivity contribution < 1.29 is 14.6 Å². The van der Waals surface area contributed by atoms with Gasteiger partial charge >= 0.3 is 5.97 Å². The van der Waals surface area contributed by atoms with Crippen molar-refractivity contribution in [2.75, 3.05) is 24.7 Å². The summed E-state index contributed by atoms with van der Waals surface area (Å²) in [4.78, 5) is 22.4. The van der Waals surface area contributed by atoms with Crippen LogP contribution in [0.15, 0.2) is 6.20 Å². The minimum absolute atomic E-state index is 0.0443. The van der Waals surface area contributed by atoms with Gasteiger partial charge in [-0.2, -0.15) is 0 Å². The number of nitrogens with zero attached hydrogens (tertiary/aromatic N) is 3. The standard InChI is InChI=1S/C14H21N3O3/c1-4-20-13(19)11-7-15-14(16-10(11)3)17-6-5-9(2)12(17)8-18/h7,9,12,18H,4-6,8H2,1-3H3. The van der Waals surface area contributed by atoms with Crippen LogP contribution in [0.25, 0.3) is 0 Å². The summed E-state index contributed by atoms with van der Waals surface area (Å²) in [5.74, 6) is 0.581. The Balaban J connectivity index is 2.23. The van der Waals surface area contributed by atoms with E-state index >= 15 is 0 Å². The van der Waals surface area contributed by atoms with Gasteiger partial charge in [-0.05, 0) is 26.2 Å². The molecule has 2 heterocycles. The van der Waals surface area contributed by atoms with Crippen molar-refractivity contribution in [2.24, 2.45) is 5.92 Å². The van der Waals surface area contributed by atoms with Crippen LogP contribution in [0.1, 0.15) is 36.3 Å². The fourth-order valence-electron chi connectivity index (χ4n) is 2.54. The van der Waals surface area contributed by atoms with Crippen LogP contribution in [0, 0.1) is 12.8 Å². The fraction of sp³-hybridized carbons (Fsp3) is 0.643. The number of aromatic nitrogens is 2. The zero-order valence-electron chi connectivity index (χ0n) is 12.2. The summed E-state index contributed by atoms with van der Waals surface area (Å²) in [6.07, 6.45) is 2.51. The van der Waals surface area contributed by atoms with Crippen LogP contribution in [-0.2, 0) is 4.74 Å². The SMILES string of the molecule is CCOC(=O)c1cnc(N2CCC(C)C2CO)nc1C. The molecular weight excluding hydrogens is 258 g/mol. The lowest BCUT2D eigenvalue weighted by atomic mass is 10.0. The van der Waals surface area contributed by atoms with Gasteiger partial charge in [-0.3, -0.25) is 0 Å². The predicted molar refractivity (Wildman–Crippen MR) is 74.7 cm³/mol. The van der Waals surface area contributed by atoms with Crippen LogP contribution in [0.4, 0.5) is 5.95 Å². The Morgan fingerprint density at radius 3 is 2.95 bits per heavy atom. The number of hydrogen-bond donors (Lipinski definition) is 1. The number of esters is 1. The fourth-order valence-corrected chi connectivity index (χ4v) is 2.54. The number of carbonyl (C=O) groups excluding carboxylic acids is 1. The van der Waals surface area contributed by atoms with Gasteiger partial charge < -0.3 is 14.7 Å². The first-order valence-corrected chi connectivity index (χ1v) is 6.96. The summed E-state index contributed by atoms with van der Waals surface area (Å²) in [7, 11) is 0. The zero-order chi connectivity index (χ0) is 14.7. The lowest BCUT2D eigenvalue weighted by Crippen LogP contribution is -2.36.